The molecule has 3 nitrogen and oxygen atoms in total. The molecule has 0 radical (unpaired) electrons. The van der Waals surface area contributed by atoms with Gasteiger partial charge >= 0.3 is 0 Å². The summed E-state index contributed by atoms with van der Waals surface area (Å²) in [6, 6.07) is 0.599. The lowest BCUT2D eigenvalue weighted by molar-refractivity contribution is 0.184. The highest BCUT2D eigenvalue weighted by Gasteiger charge is 2.27. The topological polar surface area (TPSA) is 50.4 Å². The van der Waals surface area contributed by atoms with Crippen molar-refractivity contribution in [2.24, 2.45) is 22.1 Å². The zero-order chi connectivity index (χ0) is 12.3. The summed E-state index contributed by atoms with van der Waals surface area (Å²) in [6.07, 6.45) is 9.18. The van der Waals surface area contributed by atoms with E-state index in [-0.39, 0.29) is 0 Å². The molecular weight excluding hydrogens is 210 g/mol. The lowest BCUT2D eigenvalue weighted by Crippen LogP contribution is -2.44. The van der Waals surface area contributed by atoms with Gasteiger partial charge in [-0.15, -0.1) is 0 Å². The van der Waals surface area contributed by atoms with Crippen LogP contribution in [0.5, 0.6) is 0 Å². The van der Waals surface area contributed by atoms with Crippen molar-refractivity contribution in [3.63, 3.8) is 0 Å². The molecule has 0 aromatic rings. The Morgan fingerprint density at radius 1 is 1.29 bits per heavy atom. The first-order valence-corrected chi connectivity index (χ1v) is 7.12. The van der Waals surface area contributed by atoms with Gasteiger partial charge in [-0.2, -0.15) is 0 Å². The summed E-state index contributed by atoms with van der Waals surface area (Å²) < 4.78 is 0. The van der Waals surface area contributed by atoms with Gasteiger partial charge in [-0.1, -0.05) is 20.3 Å². The van der Waals surface area contributed by atoms with Gasteiger partial charge in [0.05, 0.1) is 0 Å². The van der Waals surface area contributed by atoms with Crippen LogP contribution in [0.1, 0.15) is 58.8 Å². The van der Waals surface area contributed by atoms with E-state index in [1.54, 1.807) is 0 Å². The molecule has 0 aliphatic heterocycles. The highest BCUT2D eigenvalue weighted by molar-refractivity contribution is 5.78. The summed E-state index contributed by atoms with van der Waals surface area (Å²) in [5.41, 5.74) is 6.42. The Labute approximate surface area is 105 Å². The average Bonchev–Trinajstić information content (AvgIpc) is 2.19. The average molecular weight is 237 g/mol. The van der Waals surface area contributed by atoms with Crippen molar-refractivity contribution in [1.29, 1.82) is 0 Å². The second kappa shape index (κ2) is 5.28. The summed E-state index contributed by atoms with van der Waals surface area (Å²) in [4.78, 5) is 4.52. The van der Waals surface area contributed by atoms with Gasteiger partial charge in [0, 0.05) is 12.6 Å². The van der Waals surface area contributed by atoms with Gasteiger partial charge in [-0.3, -0.25) is 4.99 Å². The largest absolute Gasteiger partial charge is 0.370 e. The molecule has 2 aliphatic carbocycles. The first-order chi connectivity index (χ1) is 8.05. The summed E-state index contributed by atoms with van der Waals surface area (Å²) in [6.45, 7) is 5.66. The second-order valence-corrected chi connectivity index (χ2v) is 6.62. The molecular formula is C14H27N3. The number of hydrogen-bond donors (Lipinski definition) is 2. The third kappa shape index (κ3) is 3.90. The molecule has 0 heterocycles. The molecule has 0 bridgehead atoms. The number of nitrogens with two attached hydrogens (primary N) is 1. The summed E-state index contributed by atoms with van der Waals surface area (Å²) in [5, 5.41) is 3.30. The molecule has 1 unspecified atom stereocenters. The lowest BCUT2D eigenvalue weighted by Gasteiger charge is -2.34. The Bertz CT molecular complexity index is 279. The molecule has 0 amide bonds. The Morgan fingerprint density at radius 3 is 2.65 bits per heavy atom. The maximum absolute atomic E-state index is 5.91. The van der Waals surface area contributed by atoms with Gasteiger partial charge in [0.25, 0.3) is 0 Å². The van der Waals surface area contributed by atoms with Crippen molar-refractivity contribution in [1.82, 2.24) is 5.32 Å². The molecule has 2 rings (SSSR count). The summed E-state index contributed by atoms with van der Waals surface area (Å²) in [5.74, 6) is 1.40. The van der Waals surface area contributed by atoms with Crippen LogP contribution in [0.4, 0.5) is 0 Å². The molecule has 1 atom stereocenters. The second-order valence-electron chi connectivity index (χ2n) is 6.62. The molecule has 17 heavy (non-hydrogen) atoms. The van der Waals surface area contributed by atoms with E-state index in [1.807, 2.05) is 0 Å². The maximum Gasteiger partial charge on any atom is 0.188 e. The van der Waals surface area contributed by atoms with E-state index >= 15 is 0 Å². The third-order valence-corrected chi connectivity index (χ3v) is 4.28. The Hall–Kier alpha value is -0.730. The minimum absolute atomic E-state index is 0.509. The monoisotopic (exact) mass is 237 g/mol. The fourth-order valence-electron chi connectivity index (χ4n) is 3.05. The quantitative estimate of drug-likeness (QED) is 0.585. The van der Waals surface area contributed by atoms with E-state index in [0.29, 0.717) is 17.4 Å². The molecule has 2 fully saturated rings. The highest BCUT2D eigenvalue weighted by atomic mass is 15.1. The zero-order valence-corrected chi connectivity index (χ0v) is 11.3. The lowest BCUT2D eigenvalue weighted by atomic mass is 9.72. The van der Waals surface area contributed by atoms with E-state index in [1.165, 1.54) is 44.9 Å². The molecule has 0 aromatic carbocycles. The number of aliphatic imine (C=N–C) groups is 1. The van der Waals surface area contributed by atoms with Crippen LogP contribution in [-0.2, 0) is 0 Å². The number of nitrogens with one attached hydrogen (secondary N) is 1. The molecule has 3 N–H and O–H groups in total. The van der Waals surface area contributed by atoms with Crippen LogP contribution in [0, 0.1) is 11.3 Å². The Morgan fingerprint density at radius 2 is 2.06 bits per heavy atom. The number of guanidine groups is 1. The Balaban J connectivity index is 1.74. The van der Waals surface area contributed by atoms with E-state index in [9.17, 15) is 0 Å². The van der Waals surface area contributed by atoms with Gasteiger partial charge in [-0.05, 0) is 49.9 Å². The summed E-state index contributed by atoms with van der Waals surface area (Å²) >= 11 is 0. The molecule has 2 saturated carbocycles. The zero-order valence-electron chi connectivity index (χ0n) is 11.3. The molecule has 0 aromatic heterocycles. The van der Waals surface area contributed by atoms with Crippen LogP contribution in [0.25, 0.3) is 0 Å². The third-order valence-electron chi connectivity index (χ3n) is 4.28. The number of nitrogens with zero attached hydrogens (tertiary/aromatic N) is 1. The molecule has 0 saturated heterocycles. The minimum Gasteiger partial charge on any atom is -0.370 e. The van der Waals surface area contributed by atoms with Gasteiger partial charge in [0.2, 0.25) is 0 Å². The normalized spacial score (nSPS) is 29.8. The van der Waals surface area contributed by atoms with Crippen LogP contribution in [0.15, 0.2) is 4.99 Å². The first kappa shape index (κ1) is 12.7. The number of hydrogen-bond acceptors (Lipinski definition) is 1. The first-order valence-electron chi connectivity index (χ1n) is 7.12. The fraction of sp³-hybridized carbons (Fsp3) is 0.929. The van der Waals surface area contributed by atoms with Gasteiger partial charge < -0.3 is 11.1 Å². The van der Waals surface area contributed by atoms with E-state index < -0.39 is 0 Å². The SMILES string of the molecule is CC1(C)CCCC(CN=C(N)NC2CCC2)C1. The van der Waals surface area contributed by atoms with Gasteiger partial charge in [-0.25, -0.2) is 0 Å². The standard InChI is InChI=1S/C14H27N3/c1-14(2)8-4-5-11(9-14)10-16-13(15)17-12-6-3-7-12/h11-12H,3-10H2,1-2H3,(H3,15,16,17). The predicted molar refractivity (Wildman–Crippen MR) is 73.0 cm³/mol. The summed E-state index contributed by atoms with van der Waals surface area (Å²) in [7, 11) is 0. The van der Waals surface area contributed by atoms with Crippen LogP contribution in [0.3, 0.4) is 0 Å². The fourth-order valence-corrected chi connectivity index (χ4v) is 3.05. The van der Waals surface area contributed by atoms with Crippen molar-refractivity contribution in [3.05, 3.63) is 0 Å². The van der Waals surface area contributed by atoms with Crippen molar-refractivity contribution < 1.29 is 0 Å². The van der Waals surface area contributed by atoms with E-state index in [4.69, 9.17) is 5.73 Å². The van der Waals surface area contributed by atoms with Crippen molar-refractivity contribution in [3.8, 4) is 0 Å². The van der Waals surface area contributed by atoms with Crippen LogP contribution in [0.2, 0.25) is 0 Å². The highest BCUT2D eigenvalue weighted by Crippen LogP contribution is 2.38. The molecule has 2 aliphatic rings. The number of rotatable bonds is 3. The van der Waals surface area contributed by atoms with E-state index in [0.717, 1.165) is 12.5 Å². The van der Waals surface area contributed by atoms with Crippen LogP contribution >= 0.6 is 0 Å². The maximum atomic E-state index is 5.91. The van der Waals surface area contributed by atoms with Crippen LogP contribution in [-0.4, -0.2) is 18.5 Å². The minimum atomic E-state index is 0.509. The molecule has 0 spiro atoms. The van der Waals surface area contributed by atoms with Crippen molar-refractivity contribution in [2.45, 2.75) is 64.8 Å². The molecule has 98 valence electrons. The smallest absolute Gasteiger partial charge is 0.188 e. The van der Waals surface area contributed by atoms with Crippen LogP contribution < -0.4 is 11.1 Å². The van der Waals surface area contributed by atoms with Crippen molar-refractivity contribution in [2.75, 3.05) is 6.54 Å². The van der Waals surface area contributed by atoms with Gasteiger partial charge in [0.15, 0.2) is 5.96 Å². The predicted octanol–water partition coefficient (Wildman–Crippen LogP) is 2.66. The van der Waals surface area contributed by atoms with Gasteiger partial charge in [0.1, 0.15) is 0 Å². The van der Waals surface area contributed by atoms with E-state index in [2.05, 4.69) is 24.2 Å². The van der Waals surface area contributed by atoms with Crippen molar-refractivity contribution >= 4 is 5.96 Å². The molecule has 3 heteroatoms. The Kier molecular flexibility index (Phi) is 3.95.